The van der Waals surface area contributed by atoms with Gasteiger partial charge in [-0.3, -0.25) is 4.79 Å². The van der Waals surface area contributed by atoms with Gasteiger partial charge in [-0.25, -0.2) is 9.97 Å². The highest BCUT2D eigenvalue weighted by Crippen LogP contribution is 2.29. The third kappa shape index (κ3) is 3.09. The zero-order chi connectivity index (χ0) is 15.5. The van der Waals surface area contributed by atoms with Gasteiger partial charge in [0.15, 0.2) is 0 Å². The van der Waals surface area contributed by atoms with E-state index in [1.165, 1.54) is 0 Å². The molecule has 1 N–H and O–H groups in total. The summed E-state index contributed by atoms with van der Waals surface area (Å²) in [6, 6.07) is 1.85. The Hall–Kier alpha value is -2.02. The predicted octanol–water partition coefficient (Wildman–Crippen LogP) is 0.509. The first-order valence-electron chi connectivity index (χ1n) is 7.58. The summed E-state index contributed by atoms with van der Waals surface area (Å²) < 4.78 is 0. The number of oxime groups is 1. The molecule has 0 aromatic carbocycles. The van der Waals surface area contributed by atoms with Crippen molar-refractivity contribution in [1.82, 2.24) is 14.9 Å². The number of piperidine rings is 1. The molecule has 7 nitrogen and oxygen atoms in total. The molecule has 1 amide bonds. The Kier molecular flexibility index (Phi) is 4.33. The number of amides is 1. The van der Waals surface area contributed by atoms with Crippen LogP contribution in [-0.2, 0) is 9.63 Å². The van der Waals surface area contributed by atoms with Gasteiger partial charge >= 0.3 is 0 Å². The van der Waals surface area contributed by atoms with Crippen LogP contribution >= 0.6 is 0 Å². The van der Waals surface area contributed by atoms with Crippen LogP contribution < -0.4 is 0 Å². The first-order valence-corrected chi connectivity index (χ1v) is 7.58. The van der Waals surface area contributed by atoms with Crippen LogP contribution in [0.4, 0.5) is 0 Å². The number of hydrogen-bond donors (Lipinski definition) is 1. The van der Waals surface area contributed by atoms with E-state index < -0.39 is 6.61 Å². The zero-order valence-corrected chi connectivity index (χ0v) is 12.6. The van der Waals surface area contributed by atoms with Gasteiger partial charge in [-0.15, -0.1) is 0 Å². The van der Waals surface area contributed by atoms with E-state index in [1.807, 2.05) is 13.0 Å². The molecule has 3 heterocycles. The zero-order valence-electron chi connectivity index (χ0n) is 12.6. The molecule has 0 saturated carbocycles. The standard InChI is InChI=1S/C15H20N4O3/c1-10-16-5-2-12(17-10)13-8-14(22-18-13)11-3-6-19(7-4-11)15(21)9-20/h2,5,11,14,20H,3-4,6-9H2,1H3. The highest BCUT2D eigenvalue weighted by Gasteiger charge is 2.34. The van der Waals surface area contributed by atoms with E-state index in [0.717, 1.165) is 36.5 Å². The lowest BCUT2D eigenvalue weighted by Gasteiger charge is -2.33. The van der Waals surface area contributed by atoms with Crippen molar-refractivity contribution in [2.75, 3.05) is 19.7 Å². The summed E-state index contributed by atoms with van der Waals surface area (Å²) in [6.45, 7) is 2.79. The molecule has 7 heteroatoms. The van der Waals surface area contributed by atoms with Gasteiger partial charge in [0.25, 0.3) is 0 Å². The Labute approximate surface area is 129 Å². The number of aliphatic hydroxyl groups excluding tert-OH is 1. The number of likely N-dealkylation sites (tertiary alicyclic amines) is 1. The lowest BCUT2D eigenvalue weighted by atomic mass is 9.88. The van der Waals surface area contributed by atoms with Crippen LogP contribution in [0.2, 0.25) is 0 Å². The second kappa shape index (κ2) is 6.39. The number of carbonyl (C=O) groups is 1. The van der Waals surface area contributed by atoms with Gasteiger partial charge in [0, 0.05) is 31.6 Å². The van der Waals surface area contributed by atoms with Crippen molar-refractivity contribution in [2.24, 2.45) is 11.1 Å². The summed E-state index contributed by atoms with van der Waals surface area (Å²) in [5.41, 5.74) is 1.69. The van der Waals surface area contributed by atoms with Crippen molar-refractivity contribution in [3.8, 4) is 0 Å². The Balaban J connectivity index is 1.56. The van der Waals surface area contributed by atoms with Crippen molar-refractivity contribution in [2.45, 2.75) is 32.3 Å². The number of rotatable bonds is 3. The summed E-state index contributed by atoms with van der Waals surface area (Å²) >= 11 is 0. The molecule has 1 aromatic rings. The molecule has 1 atom stereocenters. The largest absolute Gasteiger partial charge is 0.391 e. The average Bonchev–Trinajstić information content (AvgIpc) is 3.04. The third-order valence-electron chi connectivity index (χ3n) is 4.32. The molecule has 3 rings (SSSR count). The molecule has 1 aromatic heterocycles. The number of nitrogens with zero attached hydrogens (tertiary/aromatic N) is 4. The quantitative estimate of drug-likeness (QED) is 0.879. The van der Waals surface area contributed by atoms with Gasteiger partial charge in [-0.1, -0.05) is 5.16 Å². The highest BCUT2D eigenvalue weighted by molar-refractivity contribution is 5.99. The van der Waals surface area contributed by atoms with Crippen molar-refractivity contribution < 1.29 is 14.7 Å². The van der Waals surface area contributed by atoms with E-state index in [1.54, 1.807) is 11.1 Å². The lowest BCUT2D eigenvalue weighted by molar-refractivity contribution is -0.136. The first kappa shape index (κ1) is 14.9. The van der Waals surface area contributed by atoms with Crippen LogP contribution in [0.15, 0.2) is 17.4 Å². The maximum Gasteiger partial charge on any atom is 0.248 e. The second-order valence-corrected chi connectivity index (χ2v) is 5.75. The van der Waals surface area contributed by atoms with Gasteiger partial charge in [-0.2, -0.15) is 0 Å². The number of hydrogen-bond acceptors (Lipinski definition) is 6. The van der Waals surface area contributed by atoms with Gasteiger partial charge in [0.2, 0.25) is 5.91 Å². The van der Waals surface area contributed by atoms with Crippen LogP contribution in [0.3, 0.4) is 0 Å². The van der Waals surface area contributed by atoms with Crippen molar-refractivity contribution in [3.05, 3.63) is 23.8 Å². The second-order valence-electron chi connectivity index (χ2n) is 5.75. The fourth-order valence-electron chi connectivity index (χ4n) is 3.04. The molecule has 1 fully saturated rings. The number of aromatic nitrogens is 2. The lowest BCUT2D eigenvalue weighted by Crippen LogP contribution is -2.42. The minimum atomic E-state index is -0.412. The van der Waals surface area contributed by atoms with Gasteiger partial charge < -0.3 is 14.8 Å². The van der Waals surface area contributed by atoms with E-state index in [4.69, 9.17) is 9.94 Å². The third-order valence-corrected chi connectivity index (χ3v) is 4.32. The smallest absolute Gasteiger partial charge is 0.248 e. The SMILES string of the molecule is Cc1nccc(C2=NOC(C3CCN(C(=O)CO)CC3)C2)n1. The Morgan fingerprint density at radius 3 is 2.91 bits per heavy atom. The highest BCUT2D eigenvalue weighted by atomic mass is 16.6. The summed E-state index contributed by atoms with van der Waals surface area (Å²) in [5, 5.41) is 13.1. The molecule has 0 bridgehead atoms. The molecule has 1 unspecified atom stereocenters. The van der Waals surface area contributed by atoms with Crippen molar-refractivity contribution in [3.63, 3.8) is 0 Å². The van der Waals surface area contributed by atoms with Crippen molar-refractivity contribution in [1.29, 1.82) is 0 Å². The topological polar surface area (TPSA) is 87.9 Å². The fourth-order valence-corrected chi connectivity index (χ4v) is 3.04. The number of aryl methyl sites for hydroxylation is 1. The average molecular weight is 304 g/mol. The molecule has 2 aliphatic rings. The van der Waals surface area contributed by atoms with E-state index >= 15 is 0 Å². The fraction of sp³-hybridized carbons (Fsp3) is 0.600. The Morgan fingerprint density at radius 2 is 2.23 bits per heavy atom. The molecule has 1 saturated heterocycles. The maximum absolute atomic E-state index is 11.5. The van der Waals surface area contributed by atoms with Gasteiger partial charge in [0.05, 0.1) is 5.69 Å². The Morgan fingerprint density at radius 1 is 1.45 bits per heavy atom. The molecule has 0 radical (unpaired) electrons. The molecule has 2 aliphatic heterocycles. The van der Waals surface area contributed by atoms with Crippen molar-refractivity contribution >= 4 is 11.6 Å². The summed E-state index contributed by atoms with van der Waals surface area (Å²) in [5.74, 6) is 0.908. The van der Waals surface area contributed by atoms with Crippen LogP contribution in [0, 0.1) is 12.8 Å². The molecule has 0 aliphatic carbocycles. The minimum Gasteiger partial charge on any atom is -0.391 e. The van der Waals surface area contributed by atoms with E-state index in [-0.39, 0.29) is 12.0 Å². The van der Waals surface area contributed by atoms with E-state index in [2.05, 4.69) is 15.1 Å². The predicted molar refractivity (Wildman–Crippen MR) is 79.2 cm³/mol. The Bertz CT molecular complexity index is 582. The maximum atomic E-state index is 11.5. The van der Waals surface area contributed by atoms with Gasteiger partial charge in [0.1, 0.15) is 24.2 Å². The van der Waals surface area contributed by atoms with Crippen LogP contribution in [-0.4, -0.2) is 57.4 Å². The summed E-state index contributed by atoms with van der Waals surface area (Å²) in [7, 11) is 0. The normalized spacial score (nSPS) is 22.4. The van der Waals surface area contributed by atoms with E-state index in [9.17, 15) is 4.79 Å². The minimum absolute atomic E-state index is 0.0525. The molecule has 118 valence electrons. The van der Waals surface area contributed by atoms with Crippen LogP contribution in [0.1, 0.15) is 30.8 Å². The van der Waals surface area contributed by atoms with Gasteiger partial charge in [-0.05, 0) is 25.8 Å². The number of carbonyl (C=O) groups excluding carboxylic acids is 1. The monoisotopic (exact) mass is 304 g/mol. The molecule has 0 spiro atoms. The molecule has 22 heavy (non-hydrogen) atoms. The first-order chi connectivity index (χ1) is 10.7. The molecular formula is C15H20N4O3. The molecular weight excluding hydrogens is 284 g/mol. The van der Waals surface area contributed by atoms with Crippen LogP contribution in [0.25, 0.3) is 0 Å². The summed E-state index contributed by atoms with van der Waals surface area (Å²) in [6.07, 6.45) is 4.28. The van der Waals surface area contributed by atoms with Crippen LogP contribution in [0.5, 0.6) is 0 Å². The summed E-state index contributed by atoms with van der Waals surface area (Å²) in [4.78, 5) is 27.2. The number of aliphatic hydroxyl groups is 1. The van der Waals surface area contributed by atoms with E-state index in [0.29, 0.717) is 19.0 Å².